The summed E-state index contributed by atoms with van der Waals surface area (Å²) >= 11 is 0. The summed E-state index contributed by atoms with van der Waals surface area (Å²) in [5.74, 6) is 0. The molecule has 64 valence electrons. The maximum absolute atomic E-state index is 8.45. The normalized spacial score (nSPS) is 9.75. The van der Waals surface area contributed by atoms with Gasteiger partial charge in [-0.05, 0) is 6.42 Å². The van der Waals surface area contributed by atoms with Gasteiger partial charge >= 0.3 is 0 Å². The van der Waals surface area contributed by atoms with Crippen molar-refractivity contribution in [2.45, 2.75) is 26.4 Å². The molecule has 5 heteroatoms. The van der Waals surface area contributed by atoms with Crippen LogP contribution >= 0.6 is 0 Å². The van der Waals surface area contributed by atoms with E-state index in [1.165, 1.54) is 0 Å². The molecule has 1 rings (SSSR count). The van der Waals surface area contributed by atoms with Crippen LogP contribution < -0.4 is 5.73 Å². The van der Waals surface area contributed by atoms with Crippen molar-refractivity contribution in [2.24, 2.45) is 5.73 Å². The van der Waals surface area contributed by atoms with Gasteiger partial charge in [0.05, 0.1) is 17.5 Å². The van der Waals surface area contributed by atoms with E-state index in [4.69, 9.17) is 11.0 Å². The average Bonchev–Trinajstić information content (AvgIpc) is 2.47. The minimum atomic E-state index is 0.246. The summed E-state index contributed by atoms with van der Waals surface area (Å²) in [6.45, 7) is 2.62. The Morgan fingerprint density at radius 1 is 1.67 bits per heavy atom. The lowest BCUT2D eigenvalue weighted by Gasteiger charge is -1.98. The van der Waals surface area contributed by atoms with E-state index in [9.17, 15) is 0 Å². The quantitative estimate of drug-likeness (QED) is 0.673. The Kier molecular flexibility index (Phi) is 2.77. The Hall–Kier alpha value is -1.41. The summed E-state index contributed by atoms with van der Waals surface area (Å²) in [5, 5.41) is 16.1. The Balaban J connectivity index is 2.98. The van der Waals surface area contributed by atoms with Crippen molar-refractivity contribution in [1.29, 1.82) is 5.26 Å². The Labute approximate surface area is 70.8 Å². The molecule has 12 heavy (non-hydrogen) atoms. The van der Waals surface area contributed by atoms with Crippen LogP contribution in [0.2, 0.25) is 0 Å². The predicted octanol–water partition coefficient (Wildman–Crippen LogP) is -0.177. The zero-order valence-electron chi connectivity index (χ0n) is 6.99. The second-order valence-electron chi connectivity index (χ2n) is 2.36. The molecular formula is C7H11N5. The average molecular weight is 165 g/mol. The first-order valence-corrected chi connectivity index (χ1v) is 3.81. The lowest BCUT2D eigenvalue weighted by Crippen LogP contribution is -2.05. The summed E-state index contributed by atoms with van der Waals surface area (Å²) in [6, 6.07) is 2.02. The number of nitriles is 1. The largest absolute Gasteiger partial charge is 0.325 e. The summed E-state index contributed by atoms with van der Waals surface area (Å²) in [5.41, 5.74) is 7.18. The molecule has 0 saturated carbocycles. The fourth-order valence-corrected chi connectivity index (χ4v) is 1.11. The van der Waals surface area contributed by atoms with Crippen LogP contribution in [-0.2, 0) is 19.5 Å². The highest BCUT2D eigenvalue weighted by atomic mass is 15.4. The number of hydrogen-bond acceptors (Lipinski definition) is 4. The second-order valence-corrected chi connectivity index (χ2v) is 2.36. The van der Waals surface area contributed by atoms with E-state index in [0.717, 1.165) is 17.8 Å². The van der Waals surface area contributed by atoms with Gasteiger partial charge in [0, 0.05) is 6.54 Å². The van der Waals surface area contributed by atoms with E-state index in [0.29, 0.717) is 6.54 Å². The van der Waals surface area contributed by atoms with E-state index in [-0.39, 0.29) is 6.54 Å². The van der Waals surface area contributed by atoms with Gasteiger partial charge in [-0.1, -0.05) is 12.1 Å². The van der Waals surface area contributed by atoms with Crippen molar-refractivity contribution < 1.29 is 0 Å². The fraction of sp³-hybridized carbons (Fsp3) is 0.571. The summed E-state index contributed by atoms with van der Waals surface area (Å²) in [7, 11) is 0. The molecule has 0 fully saturated rings. The van der Waals surface area contributed by atoms with Gasteiger partial charge in [-0.2, -0.15) is 5.26 Å². The molecule has 0 aliphatic carbocycles. The van der Waals surface area contributed by atoms with Crippen LogP contribution in [0.15, 0.2) is 0 Å². The molecule has 0 radical (unpaired) electrons. The van der Waals surface area contributed by atoms with Crippen molar-refractivity contribution >= 4 is 0 Å². The van der Waals surface area contributed by atoms with Crippen LogP contribution in [-0.4, -0.2) is 15.0 Å². The molecule has 0 unspecified atom stereocenters. The summed E-state index contributed by atoms with van der Waals surface area (Å²) in [6.07, 6.45) is 0.807. The van der Waals surface area contributed by atoms with Crippen LogP contribution in [0, 0.1) is 11.3 Å². The predicted molar refractivity (Wildman–Crippen MR) is 42.9 cm³/mol. The molecule has 1 aromatic heterocycles. The molecule has 0 amide bonds. The van der Waals surface area contributed by atoms with Gasteiger partial charge in [0.1, 0.15) is 6.54 Å². The standard InChI is InChI=1S/C7H11N5/c1-2-7-6(5-9)10-11-12(7)4-3-8/h2,4-5,9H2,1H3. The van der Waals surface area contributed by atoms with E-state index >= 15 is 0 Å². The number of aromatic nitrogens is 3. The van der Waals surface area contributed by atoms with Gasteiger partial charge in [0.2, 0.25) is 0 Å². The Morgan fingerprint density at radius 3 is 2.92 bits per heavy atom. The van der Waals surface area contributed by atoms with Crippen LogP contribution in [0.4, 0.5) is 0 Å². The summed E-state index contributed by atoms with van der Waals surface area (Å²) in [4.78, 5) is 0. The minimum absolute atomic E-state index is 0.246. The highest BCUT2D eigenvalue weighted by molar-refractivity contribution is 5.10. The van der Waals surface area contributed by atoms with Gasteiger partial charge in [0.25, 0.3) is 0 Å². The Bertz CT molecular complexity index is 295. The molecule has 0 atom stereocenters. The molecule has 0 bridgehead atoms. The smallest absolute Gasteiger partial charge is 0.130 e. The Morgan fingerprint density at radius 2 is 2.42 bits per heavy atom. The molecular weight excluding hydrogens is 154 g/mol. The molecule has 0 saturated heterocycles. The van der Waals surface area contributed by atoms with E-state index in [1.807, 2.05) is 13.0 Å². The van der Waals surface area contributed by atoms with Crippen LogP contribution in [0.1, 0.15) is 18.3 Å². The molecule has 5 nitrogen and oxygen atoms in total. The zero-order chi connectivity index (χ0) is 8.97. The van der Waals surface area contributed by atoms with Gasteiger partial charge in [-0.15, -0.1) is 5.10 Å². The van der Waals surface area contributed by atoms with Crippen LogP contribution in [0.25, 0.3) is 0 Å². The first-order valence-electron chi connectivity index (χ1n) is 3.81. The third kappa shape index (κ3) is 1.43. The third-order valence-electron chi connectivity index (χ3n) is 1.67. The molecule has 2 N–H and O–H groups in total. The van der Waals surface area contributed by atoms with Crippen molar-refractivity contribution in [3.05, 3.63) is 11.4 Å². The lowest BCUT2D eigenvalue weighted by atomic mass is 10.2. The van der Waals surface area contributed by atoms with Crippen molar-refractivity contribution in [3.63, 3.8) is 0 Å². The van der Waals surface area contributed by atoms with Gasteiger partial charge in [0.15, 0.2) is 0 Å². The zero-order valence-corrected chi connectivity index (χ0v) is 6.99. The third-order valence-corrected chi connectivity index (χ3v) is 1.67. The van der Waals surface area contributed by atoms with E-state index in [2.05, 4.69) is 10.3 Å². The first kappa shape index (κ1) is 8.68. The molecule has 1 heterocycles. The van der Waals surface area contributed by atoms with Crippen molar-refractivity contribution in [3.8, 4) is 6.07 Å². The molecule has 0 aliphatic heterocycles. The molecule has 1 aromatic rings. The topological polar surface area (TPSA) is 80.5 Å². The fourth-order valence-electron chi connectivity index (χ4n) is 1.11. The SMILES string of the molecule is CCc1c(CN)nnn1CC#N. The second kappa shape index (κ2) is 3.83. The number of hydrogen-bond donors (Lipinski definition) is 1. The van der Waals surface area contributed by atoms with Crippen molar-refractivity contribution in [2.75, 3.05) is 0 Å². The maximum atomic E-state index is 8.45. The number of rotatable bonds is 3. The van der Waals surface area contributed by atoms with Gasteiger partial charge < -0.3 is 5.73 Å². The van der Waals surface area contributed by atoms with Crippen LogP contribution in [0.5, 0.6) is 0 Å². The highest BCUT2D eigenvalue weighted by Gasteiger charge is 2.07. The van der Waals surface area contributed by atoms with Crippen molar-refractivity contribution in [1.82, 2.24) is 15.0 Å². The van der Waals surface area contributed by atoms with Gasteiger partial charge in [-0.3, -0.25) is 0 Å². The number of nitrogens with zero attached hydrogens (tertiary/aromatic N) is 4. The lowest BCUT2D eigenvalue weighted by molar-refractivity contribution is 0.639. The summed E-state index contributed by atoms with van der Waals surface area (Å²) < 4.78 is 1.59. The van der Waals surface area contributed by atoms with E-state index < -0.39 is 0 Å². The number of nitrogens with two attached hydrogens (primary N) is 1. The van der Waals surface area contributed by atoms with Gasteiger partial charge in [-0.25, -0.2) is 4.68 Å². The first-order chi connectivity index (χ1) is 5.83. The molecule has 0 aliphatic rings. The highest BCUT2D eigenvalue weighted by Crippen LogP contribution is 2.04. The van der Waals surface area contributed by atoms with E-state index in [1.54, 1.807) is 4.68 Å². The molecule has 0 aromatic carbocycles. The maximum Gasteiger partial charge on any atom is 0.130 e. The molecule has 0 spiro atoms. The monoisotopic (exact) mass is 165 g/mol. The van der Waals surface area contributed by atoms with Crippen LogP contribution in [0.3, 0.4) is 0 Å². The minimum Gasteiger partial charge on any atom is -0.325 e.